The Bertz CT molecular complexity index is 202. The molecule has 0 bridgehead atoms. The van der Waals surface area contributed by atoms with Crippen LogP contribution >= 0.6 is 0 Å². The normalized spacial score (nSPS) is 19.9. The highest BCUT2D eigenvalue weighted by Gasteiger charge is 2.22. The minimum atomic E-state index is -0.722. The van der Waals surface area contributed by atoms with Crippen LogP contribution in [0, 0.1) is 17.8 Å². The first-order valence-corrected chi connectivity index (χ1v) is 6.03. The van der Waals surface area contributed by atoms with Gasteiger partial charge in [0, 0.05) is 6.42 Å². The number of hydrogen-bond donors (Lipinski definition) is 2. The molecule has 0 saturated heterocycles. The lowest BCUT2D eigenvalue weighted by atomic mass is 9.90. The molecule has 0 amide bonds. The average Bonchev–Trinajstić information content (AvgIpc) is 2.96. The molecule has 2 unspecified atom stereocenters. The van der Waals surface area contributed by atoms with Gasteiger partial charge in [-0.2, -0.15) is 0 Å². The third-order valence-corrected chi connectivity index (χ3v) is 3.30. The van der Waals surface area contributed by atoms with Crippen molar-refractivity contribution in [2.24, 2.45) is 23.5 Å². The summed E-state index contributed by atoms with van der Waals surface area (Å²) in [6.45, 7) is 2.72. The highest BCUT2D eigenvalue weighted by atomic mass is 16.4. The number of carboxylic acid groups (broad SMARTS) is 1. The first-order valence-electron chi connectivity index (χ1n) is 6.03. The molecule has 3 heteroatoms. The predicted molar refractivity (Wildman–Crippen MR) is 60.5 cm³/mol. The molecule has 0 aromatic rings. The Morgan fingerprint density at radius 1 is 1.53 bits per heavy atom. The van der Waals surface area contributed by atoms with Gasteiger partial charge >= 0.3 is 5.97 Å². The van der Waals surface area contributed by atoms with Gasteiger partial charge in [0.05, 0.1) is 0 Å². The quantitative estimate of drug-likeness (QED) is 0.650. The van der Waals surface area contributed by atoms with Gasteiger partial charge in [-0.05, 0) is 30.7 Å². The third kappa shape index (κ3) is 5.78. The van der Waals surface area contributed by atoms with Crippen LogP contribution in [-0.4, -0.2) is 17.6 Å². The lowest BCUT2D eigenvalue weighted by Gasteiger charge is -2.17. The molecule has 15 heavy (non-hydrogen) atoms. The Morgan fingerprint density at radius 2 is 2.20 bits per heavy atom. The van der Waals surface area contributed by atoms with Gasteiger partial charge < -0.3 is 10.8 Å². The second-order valence-electron chi connectivity index (χ2n) is 5.06. The van der Waals surface area contributed by atoms with Crippen LogP contribution in [0.5, 0.6) is 0 Å². The molecule has 1 fully saturated rings. The zero-order chi connectivity index (χ0) is 11.3. The van der Waals surface area contributed by atoms with Crippen molar-refractivity contribution in [3.63, 3.8) is 0 Å². The van der Waals surface area contributed by atoms with Gasteiger partial charge in [-0.3, -0.25) is 4.79 Å². The molecule has 1 aliphatic rings. The van der Waals surface area contributed by atoms with Gasteiger partial charge in [0.1, 0.15) is 0 Å². The van der Waals surface area contributed by atoms with Crippen molar-refractivity contribution >= 4 is 5.97 Å². The van der Waals surface area contributed by atoms with Crippen molar-refractivity contribution in [1.29, 1.82) is 0 Å². The van der Waals surface area contributed by atoms with E-state index in [0.29, 0.717) is 12.5 Å². The van der Waals surface area contributed by atoms with E-state index < -0.39 is 5.97 Å². The largest absolute Gasteiger partial charge is 0.481 e. The molecule has 1 saturated carbocycles. The lowest BCUT2D eigenvalue weighted by Crippen LogP contribution is -2.20. The highest BCUT2D eigenvalue weighted by Crippen LogP contribution is 2.35. The van der Waals surface area contributed by atoms with Crippen molar-refractivity contribution < 1.29 is 9.90 Å². The Kier molecular flexibility index (Phi) is 5.09. The van der Waals surface area contributed by atoms with Crippen LogP contribution in [0.25, 0.3) is 0 Å². The summed E-state index contributed by atoms with van der Waals surface area (Å²) in [7, 11) is 0. The summed E-state index contributed by atoms with van der Waals surface area (Å²) >= 11 is 0. The number of carboxylic acids is 1. The maximum Gasteiger partial charge on any atom is 0.303 e. The fourth-order valence-corrected chi connectivity index (χ4v) is 2.12. The first-order chi connectivity index (χ1) is 7.11. The molecule has 0 spiro atoms. The SMILES string of the molecule is CC(CCC1CC1)CC(CN)CC(=O)O. The highest BCUT2D eigenvalue weighted by molar-refractivity contribution is 5.67. The molecule has 1 rings (SSSR count). The molecule has 3 nitrogen and oxygen atoms in total. The number of rotatable bonds is 8. The zero-order valence-electron chi connectivity index (χ0n) is 9.61. The molecule has 0 radical (unpaired) electrons. The van der Waals surface area contributed by atoms with Gasteiger partial charge in [-0.25, -0.2) is 0 Å². The number of nitrogens with two attached hydrogens (primary N) is 1. The number of carbonyl (C=O) groups is 1. The van der Waals surface area contributed by atoms with Gasteiger partial charge in [-0.1, -0.05) is 32.6 Å². The number of hydrogen-bond acceptors (Lipinski definition) is 2. The van der Waals surface area contributed by atoms with Crippen molar-refractivity contribution in [3.05, 3.63) is 0 Å². The standard InChI is InChI=1S/C12H23NO2/c1-9(2-3-10-4-5-10)6-11(8-13)7-12(14)15/h9-11H,2-8,13H2,1H3,(H,14,15). The molecule has 0 aliphatic heterocycles. The molecule has 2 atom stereocenters. The second kappa shape index (κ2) is 6.11. The Hall–Kier alpha value is -0.570. The molecule has 0 aromatic carbocycles. The zero-order valence-corrected chi connectivity index (χ0v) is 9.61. The summed E-state index contributed by atoms with van der Waals surface area (Å²) in [5, 5.41) is 8.70. The van der Waals surface area contributed by atoms with Crippen LogP contribution in [-0.2, 0) is 4.79 Å². The monoisotopic (exact) mass is 213 g/mol. The van der Waals surface area contributed by atoms with Crippen LogP contribution in [0.4, 0.5) is 0 Å². The Morgan fingerprint density at radius 3 is 2.67 bits per heavy atom. The first kappa shape index (κ1) is 12.5. The van der Waals surface area contributed by atoms with E-state index in [0.717, 1.165) is 12.3 Å². The maximum atomic E-state index is 10.6. The molecule has 0 aromatic heterocycles. The fraction of sp³-hybridized carbons (Fsp3) is 0.917. The van der Waals surface area contributed by atoms with Crippen LogP contribution in [0.2, 0.25) is 0 Å². The number of aliphatic carboxylic acids is 1. The summed E-state index contributed by atoms with van der Waals surface area (Å²) in [6.07, 6.45) is 6.57. The van der Waals surface area contributed by atoms with Crippen LogP contribution < -0.4 is 5.73 Å². The van der Waals surface area contributed by atoms with E-state index in [2.05, 4.69) is 6.92 Å². The van der Waals surface area contributed by atoms with Crippen molar-refractivity contribution in [3.8, 4) is 0 Å². The van der Waals surface area contributed by atoms with Crippen molar-refractivity contribution in [2.75, 3.05) is 6.54 Å². The minimum Gasteiger partial charge on any atom is -0.481 e. The topological polar surface area (TPSA) is 63.3 Å². The molecule has 88 valence electrons. The summed E-state index contributed by atoms with van der Waals surface area (Å²) in [4.78, 5) is 10.6. The molecule has 1 aliphatic carbocycles. The molecule has 0 heterocycles. The van der Waals surface area contributed by atoms with E-state index in [1.165, 1.54) is 25.7 Å². The van der Waals surface area contributed by atoms with Gasteiger partial charge in [0.25, 0.3) is 0 Å². The lowest BCUT2D eigenvalue weighted by molar-refractivity contribution is -0.138. The summed E-state index contributed by atoms with van der Waals surface area (Å²) in [6, 6.07) is 0. The van der Waals surface area contributed by atoms with Gasteiger partial charge in [-0.15, -0.1) is 0 Å². The second-order valence-corrected chi connectivity index (χ2v) is 5.06. The Labute approximate surface area is 92.0 Å². The molecule has 3 N–H and O–H groups in total. The Balaban J connectivity index is 2.13. The fourth-order valence-electron chi connectivity index (χ4n) is 2.12. The van der Waals surface area contributed by atoms with Crippen LogP contribution in [0.15, 0.2) is 0 Å². The van der Waals surface area contributed by atoms with Crippen LogP contribution in [0.1, 0.15) is 45.4 Å². The van der Waals surface area contributed by atoms with E-state index in [-0.39, 0.29) is 12.3 Å². The van der Waals surface area contributed by atoms with Gasteiger partial charge in [0.15, 0.2) is 0 Å². The van der Waals surface area contributed by atoms with E-state index in [9.17, 15) is 4.79 Å². The smallest absolute Gasteiger partial charge is 0.303 e. The molecular formula is C12H23NO2. The van der Waals surface area contributed by atoms with E-state index in [4.69, 9.17) is 10.8 Å². The maximum absolute atomic E-state index is 10.6. The van der Waals surface area contributed by atoms with E-state index >= 15 is 0 Å². The average molecular weight is 213 g/mol. The van der Waals surface area contributed by atoms with Crippen molar-refractivity contribution in [2.45, 2.75) is 45.4 Å². The summed E-state index contributed by atoms with van der Waals surface area (Å²) < 4.78 is 0. The van der Waals surface area contributed by atoms with Crippen LogP contribution in [0.3, 0.4) is 0 Å². The van der Waals surface area contributed by atoms with E-state index in [1.54, 1.807) is 0 Å². The summed E-state index contributed by atoms with van der Waals surface area (Å²) in [5.41, 5.74) is 5.57. The van der Waals surface area contributed by atoms with E-state index in [1.807, 2.05) is 0 Å². The molecular weight excluding hydrogens is 190 g/mol. The van der Waals surface area contributed by atoms with Gasteiger partial charge in [0.2, 0.25) is 0 Å². The van der Waals surface area contributed by atoms with Crippen molar-refractivity contribution in [1.82, 2.24) is 0 Å². The summed E-state index contributed by atoms with van der Waals surface area (Å²) in [5.74, 6) is 1.04. The predicted octanol–water partition coefficient (Wildman–Crippen LogP) is 2.25. The third-order valence-electron chi connectivity index (χ3n) is 3.30. The minimum absolute atomic E-state index is 0.164.